The van der Waals surface area contributed by atoms with Gasteiger partial charge in [-0.15, -0.1) is 0 Å². The Kier molecular flexibility index (Phi) is 18.8. The Labute approximate surface area is 209 Å². The van der Waals surface area contributed by atoms with E-state index < -0.39 is 0 Å². The van der Waals surface area contributed by atoms with Crippen molar-refractivity contribution in [2.75, 3.05) is 47.6 Å². The molecule has 0 aromatic carbocycles. The van der Waals surface area contributed by atoms with Crippen LogP contribution in [0.15, 0.2) is 0 Å². The molecule has 2 atom stereocenters. The van der Waals surface area contributed by atoms with Gasteiger partial charge in [0.2, 0.25) is 0 Å². The molecule has 3 nitrogen and oxygen atoms in total. The molecule has 1 aliphatic carbocycles. The summed E-state index contributed by atoms with van der Waals surface area (Å²) in [5, 5.41) is 0. The molecule has 198 valence electrons. The second-order valence-electron chi connectivity index (χ2n) is 11.9. The van der Waals surface area contributed by atoms with Gasteiger partial charge in [-0.25, -0.2) is 0 Å². The molecular formula is C30H62NO2+. The van der Waals surface area contributed by atoms with Gasteiger partial charge in [0.25, 0.3) is 0 Å². The van der Waals surface area contributed by atoms with Gasteiger partial charge in [-0.1, -0.05) is 96.8 Å². The van der Waals surface area contributed by atoms with Crippen LogP contribution in [0, 0.1) is 11.8 Å². The minimum absolute atomic E-state index is 0.703. The molecule has 0 amide bonds. The van der Waals surface area contributed by atoms with E-state index in [1.54, 1.807) is 0 Å². The molecule has 0 bridgehead atoms. The Morgan fingerprint density at radius 3 is 1.61 bits per heavy atom. The maximum Gasteiger partial charge on any atom is 0.0859 e. The molecule has 1 fully saturated rings. The number of ether oxygens (including phenoxy) is 2. The monoisotopic (exact) mass is 468 g/mol. The van der Waals surface area contributed by atoms with Gasteiger partial charge in [-0.3, -0.25) is 0 Å². The van der Waals surface area contributed by atoms with E-state index in [9.17, 15) is 0 Å². The van der Waals surface area contributed by atoms with Crippen LogP contribution in [0.2, 0.25) is 0 Å². The number of hydrogen-bond donors (Lipinski definition) is 0. The summed E-state index contributed by atoms with van der Waals surface area (Å²) in [6.07, 6.45) is 24.5. The van der Waals surface area contributed by atoms with E-state index in [4.69, 9.17) is 9.47 Å². The van der Waals surface area contributed by atoms with Gasteiger partial charge in [-0.2, -0.15) is 0 Å². The largest absolute Gasteiger partial charge is 0.381 e. The third-order valence-electron chi connectivity index (χ3n) is 8.08. The lowest BCUT2D eigenvalue weighted by atomic mass is 9.86. The van der Waals surface area contributed by atoms with Crippen molar-refractivity contribution in [2.45, 2.75) is 135 Å². The topological polar surface area (TPSA) is 18.5 Å². The van der Waals surface area contributed by atoms with Crippen molar-refractivity contribution >= 4 is 0 Å². The first kappa shape index (κ1) is 30.9. The second-order valence-corrected chi connectivity index (χ2v) is 11.9. The maximum absolute atomic E-state index is 6.20. The molecule has 0 N–H and O–H groups in total. The Hall–Kier alpha value is -0.120. The zero-order valence-corrected chi connectivity index (χ0v) is 23.6. The first-order valence-corrected chi connectivity index (χ1v) is 14.9. The summed E-state index contributed by atoms with van der Waals surface area (Å²) in [5.74, 6) is 1.66. The molecule has 1 saturated carbocycles. The molecule has 0 radical (unpaired) electrons. The van der Waals surface area contributed by atoms with Gasteiger partial charge in [-0.05, 0) is 38.0 Å². The summed E-state index contributed by atoms with van der Waals surface area (Å²) in [7, 11) is 6.99. The van der Waals surface area contributed by atoms with E-state index >= 15 is 0 Å². The lowest BCUT2D eigenvalue weighted by Crippen LogP contribution is -2.45. The third-order valence-corrected chi connectivity index (χ3v) is 8.08. The molecule has 0 spiro atoms. The van der Waals surface area contributed by atoms with Crippen LogP contribution in [0.5, 0.6) is 0 Å². The van der Waals surface area contributed by atoms with Crippen LogP contribution in [0.4, 0.5) is 0 Å². The Bertz CT molecular complexity index is 414. The summed E-state index contributed by atoms with van der Waals surface area (Å²) in [5.41, 5.74) is 0. The number of hydrogen-bond acceptors (Lipinski definition) is 2. The number of rotatable bonds is 23. The fourth-order valence-electron chi connectivity index (χ4n) is 5.19. The van der Waals surface area contributed by atoms with E-state index in [0.29, 0.717) is 6.04 Å². The zero-order valence-electron chi connectivity index (χ0n) is 23.6. The van der Waals surface area contributed by atoms with E-state index in [-0.39, 0.29) is 0 Å². The van der Waals surface area contributed by atoms with Gasteiger partial charge in [0.1, 0.15) is 0 Å². The van der Waals surface area contributed by atoms with Gasteiger partial charge < -0.3 is 14.0 Å². The van der Waals surface area contributed by atoms with Crippen LogP contribution >= 0.6 is 0 Å². The Morgan fingerprint density at radius 1 is 0.667 bits per heavy atom. The highest BCUT2D eigenvalue weighted by Gasteiger charge is 2.30. The van der Waals surface area contributed by atoms with E-state index in [2.05, 4.69) is 35.0 Å². The molecule has 0 saturated heterocycles. The smallest absolute Gasteiger partial charge is 0.0859 e. The lowest BCUT2D eigenvalue weighted by Gasteiger charge is -2.35. The molecule has 33 heavy (non-hydrogen) atoms. The van der Waals surface area contributed by atoms with Crippen molar-refractivity contribution in [2.24, 2.45) is 11.8 Å². The predicted molar refractivity (Wildman–Crippen MR) is 145 cm³/mol. The molecule has 2 unspecified atom stereocenters. The fourth-order valence-corrected chi connectivity index (χ4v) is 5.19. The number of quaternary nitrogens is 1. The summed E-state index contributed by atoms with van der Waals surface area (Å²) < 4.78 is 13.1. The van der Waals surface area contributed by atoms with Crippen molar-refractivity contribution in [1.82, 2.24) is 0 Å². The highest BCUT2D eigenvalue weighted by molar-refractivity contribution is 4.77. The minimum atomic E-state index is 0.703. The minimum Gasteiger partial charge on any atom is -0.381 e. The van der Waals surface area contributed by atoms with Crippen molar-refractivity contribution in [3.05, 3.63) is 0 Å². The third kappa shape index (κ3) is 17.0. The van der Waals surface area contributed by atoms with Crippen LogP contribution in [-0.2, 0) is 9.47 Å². The Balaban J connectivity index is 1.92. The van der Waals surface area contributed by atoms with E-state index in [0.717, 1.165) is 42.7 Å². The van der Waals surface area contributed by atoms with Crippen molar-refractivity contribution in [1.29, 1.82) is 0 Å². The molecule has 1 rings (SSSR count). The van der Waals surface area contributed by atoms with Crippen molar-refractivity contribution in [3.8, 4) is 0 Å². The van der Waals surface area contributed by atoms with Crippen LogP contribution < -0.4 is 0 Å². The highest BCUT2D eigenvalue weighted by Crippen LogP contribution is 2.35. The second kappa shape index (κ2) is 20.1. The fraction of sp³-hybridized carbons (Fsp3) is 1.00. The zero-order chi connectivity index (χ0) is 24.2. The molecule has 1 aliphatic rings. The van der Waals surface area contributed by atoms with Gasteiger partial charge in [0.05, 0.1) is 27.2 Å². The van der Waals surface area contributed by atoms with Crippen molar-refractivity contribution in [3.63, 3.8) is 0 Å². The maximum atomic E-state index is 6.20. The van der Waals surface area contributed by atoms with E-state index in [1.165, 1.54) is 116 Å². The van der Waals surface area contributed by atoms with Crippen molar-refractivity contribution < 1.29 is 14.0 Å². The predicted octanol–water partition coefficient (Wildman–Crippen LogP) is 8.40. The van der Waals surface area contributed by atoms with Crippen LogP contribution in [0.1, 0.15) is 129 Å². The quantitative estimate of drug-likeness (QED) is 0.111. The SMILES string of the molecule is CCCCCCCCCCCOCCCCCCOCC(CC(C)[N+](C)(C)C)C1CCCC1. The average Bonchev–Trinajstić information content (AvgIpc) is 3.31. The van der Waals surface area contributed by atoms with Crippen LogP contribution in [0.3, 0.4) is 0 Å². The molecule has 0 aromatic heterocycles. The summed E-state index contributed by atoms with van der Waals surface area (Å²) in [4.78, 5) is 0. The van der Waals surface area contributed by atoms with Gasteiger partial charge in [0.15, 0.2) is 0 Å². The standard InChI is InChI=1S/C30H62NO2/c1-6-7-8-9-10-11-12-13-18-23-32-24-19-14-15-20-25-33-27-30(29-21-16-17-22-29)26-28(2)31(3,4)5/h28-30H,6-27H2,1-5H3/q+1. The molecule has 0 heterocycles. The number of nitrogens with zero attached hydrogens (tertiary/aromatic N) is 1. The van der Waals surface area contributed by atoms with Crippen LogP contribution in [-0.4, -0.2) is 58.1 Å². The highest BCUT2D eigenvalue weighted by atomic mass is 16.5. The molecule has 0 aliphatic heterocycles. The van der Waals surface area contributed by atoms with Gasteiger partial charge in [0, 0.05) is 32.8 Å². The molecule has 3 heteroatoms. The summed E-state index contributed by atoms with van der Waals surface area (Å²) in [6.45, 7) is 8.55. The molecule has 0 aromatic rings. The molecular weight excluding hydrogens is 406 g/mol. The average molecular weight is 469 g/mol. The normalized spacial score (nSPS) is 17.0. The van der Waals surface area contributed by atoms with Gasteiger partial charge >= 0.3 is 0 Å². The summed E-state index contributed by atoms with van der Waals surface area (Å²) >= 11 is 0. The summed E-state index contributed by atoms with van der Waals surface area (Å²) in [6, 6.07) is 0.703. The first-order valence-electron chi connectivity index (χ1n) is 14.9. The number of unbranched alkanes of at least 4 members (excludes halogenated alkanes) is 11. The lowest BCUT2D eigenvalue weighted by molar-refractivity contribution is -0.894. The van der Waals surface area contributed by atoms with E-state index in [1.807, 2.05) is 0 Å². The van der Waals surface area contributed by atoms with Crippen LogP contribution in [0.25, 0.3) is 0 Å². The first-order chi connectivity index (χ1) is 15.9. The Morgan fingerprint density at radius 2 is 1.12 bits per heavy atom.